The molecule has 0 radical (unpaired) electrons. The van der Waals surface area contributed by atoms with Crippen LogP contribution in [0.15, 0.2) is 4.58 Å². The van der Waals surface area contributed by atoms with Crippen molar-refractivity contribution >= 4 is 23.8 Å². The molecule has 1 aliphatic rings. The van der Waals surface area contributed by atoms with Gasteiger partial charge >= 0.3 is 0 Å². The normalized spacial score (nSPS) is 31.1. The Kier molecular flexibility index (Phi) is 7.71. The van der Waals surface area contributed by atoms with Crippen LogP contribution in [0.3, 0.4) is 0 Å². The topological polar surface area (TPSA) is 178 Å². The highest BCUT2D eigenvalue weighted by Gasteiger charge is 2.46. The maximum atomic E-state index is 12.5. The minimum absolute atomic E-state index is 0.534. The number of carbonyl (C=O) groups excluding carboxylic acids is 2. The van der Waals surface area contributed by atoms with E-state index in [0.717, 1.165) is 0 Å². The number of hydrogen-bond donors (Lipinski definition) is 6. The Hall–Kier alpha value is -1.31. The molecule has 0 spiro atoms. The molecule has 11 nitrogen and oxygen atoms in total. The third-order valence-electron chi connectivity index (χ3n) is 3.75. The average molecular weight is 381 g/mol. The van der Waals surface area contributed by atoms with Gasteiger partial charge in [0, 0.05) is 23.5 Å². The zero-order valence-corrected chi connectivity index (χ0v) is 14.8. The van der Waals surface area contributed by atoms with Gasteiger partial charge in [0.1, 0.15) is 30.5 Å². The number of nitroso groups, excluding NO2 is 1. The van der Waals surface area contributed by atoms with Gasteiger partial charge in [0.15, 0.2) is 6.23 Å². The van der Waals surface area contributed by atoms with Gasteiger partial charge in [0.25, 0.3) is 0 Å². The minimum atomic E-state index is -1.67. The highest BCUT2D eigenvalue weighted by molar-refractivity contribution is 7.99. The van der Waals surface area contributed by atoms with Crippen molar-refractivity contribution in [2.24, 2.45) is 4.58 Å². The first kappa shape index (κ1) is 21.7. The number of nitrogens with one attached hydrogen (secondary N) is 2. The Morgan fingerprint density at radius 2 is 1.84 bits per heavy atom. The van der Waals surface area contributed by atoms with Crippen molar-refractivity contribution in [1.29, 1.82) is 0 Å². The van der Waals surface area contributed by atoms with Crippen molar-refractivity contribution in [2.75, 3.05) is 6.61 Å². The summed E-state index contributed by atoms with van der Waals surface area (Å²) in [5.74, 6) is -1.34. The van der Waals surface area contributed by atoms with E-state index >= 15 is 0 Å². The van der Waals surface area contributed by atoms with Crippen molar-refractivity contribution in [3.8, 4) is 0 Å². The summed E-state index contributed by atoms with van der Waals surface area (Å²) in [5.41, 5.74) is 0. The lowest BCUT2D eigenvalue weighted by Gasteiger charge is -2.41. The molecule has 1 fully saturated rings. The Bertz CT molecular complexity index is 504. The van der Waals surface area contributed by atoms with Gasteiger partial charge in [-0.1, -0.05) is 0 Å². The molecule has 1 aliphatic heterocycles. The summed E-state index contributed by atoms with van der Waals surface area (Å²) in [7, 11) is 0. The van der Waals surface area contributed by atoms with E-state index in [1.807, 2.05) is 0 Å². The summed E-state index contributed by atoms with van der Waals surface area (Å²) in [6.45, 7) is 3.55. The molecular formula is C13H23N3O8S. The number of ether oxygens (including phenoxy) is 1. The number of carbonyl (C=O) groups is 2. The monoisotopic (exact) mass is 381 g/mol. The van der Waals surface area contributed by atoms with Crippen LogP contribution in [0.4, 0.5) is 0 Å². The molecule has 0 unspecified atom stereocenters. The Morgan fingerprint density at radius 3 is 2.32 bits per heavy atom. The molecule has 25 heavy (non-hydrogen) atoms. The highest BCUT2D eigenvalue weighted by atomic mass is 32.2. The average Bonchev–Trinajstić information content (AvgIpc) is 2.52. The van der Waals surface area contributed by atoms with Crippen molar-refractivity contribution in [3.63, 3.8) is 0 Å². The molecule has 2 amide bonds. The zero-order valence-electron chi connectivity index (χ0n) is 13.9. The van der Waals surface area contributed by atoms with Crippen LogP contribution < -0.4 is 10.6 Å². The van der Waals surface area contributed by atoms with Crippen molar-refractivity contribution in [2.45, 2.75) is 62.2 Å². The van der Waals surface area contributed by atoms with Crippen molar-refractivity contribution in [3.05, 3.63) is 4.91 Å². The van der Waals surface area contributed by atoms with E-state index in [9.17, 15) is 29.8 Å². The van der Waals surface area contributed by atoms with Crippen molar-refractivity contribution < 1.29 is 34.8 Å². The van der Waals surface area contributed by atoms with Crippen LogP contribution in [-0.2, 0) is 14.3 Å². The second-order valence-corrected chi connectivity index (χ2v) is 7.54. The molecule has 144 valence electrons. The fourth-order valence-corrected chi connectivity index (χ4v) is 2.81. The maximum Gasteiger partial charge on any atom is 0.246 e. The number of rotatable bonds is 7. The molecule has 0 aliphatic carbocycles. The van der Waals surface area contributed by atoms with E-state index in [4.69, 9.17) is 9.84 Å². The number of aliphatic hydroxyl groups is 4. The molecule has 12 heteroatoms. The van der Waals surface area contributed by atoms with Gasteiger partial charge in [0.05, 0.1) is 11.4 Å². The lowest BCUT2D eigenvalue weighted by Crippen LogP contribution is -2.66. The molecule has 1 saturated heterocycles. The fourth-order valence-electron chi connectivity index (χ4n) is 2.35. The number of amides is 2. The molecule has 0 bridgehead atoms. The van der Waals surface area contributed by atoms with Crippen LogP contribution in [0, 0.1) is 4.91 Å². The number of aliphatic hydroxyl groups excluding tert-OH is 4. The van der Waals surface area contributed by atoms with Crippen LogP contribution in [0.25, 0.3) is 0 Å². The summed E-state index contributed by atoms with van der Waals surface area (Å²) in [6.07, 6.45) is -7.52. The molecule has 0 aromatic rings. The standard InChI is InChI=1S/C13H23N3O8S/c1-5(18)14-10(13(2,3)25-16-23)11(22)15-12-9(21)8(20)7(19)6(4-17)24-12/h6-10,12,17,19-21H,4H2,1-3H3,(H,14,18)(H,15,22)/t6-,7-,8+,9-,10-,12-/m1/s1. The second kappa shape index (κ2) is 8.87. The third kappa shape index (κ3) is 5.33. The SMILES string of the molecule is CC(=O)N[C@H](C(=O)N[C@@H]1O[C@H](CO)[C@@H](O)[C@H](O)[C@H]1O)C(C)(C)SN=O. The maximum absolute atomic E-state index is 12.5. The Balaban J connectivity index is 2.94. The van der Waals surface area contributed by atoms with Gasteiger partial charge in [-0.05, 0) is 13.8 Å². The summed E-state index contributed by atoms with van der Waals surface area (Å²) >= 11 is 0.542. The quantitative estimate of drug-likeness (QED) is 0.207. The van der Waals surface area contributed by atoms with Gasteiger partial charge in [-0.2, -0.15) is 0 Å². The van der Waals surface area contributed by atoms with Crippen molar-refractivity contribution in [1.82, 2.24) is 10.6 Å². The Morgan fingerprint density at radius 1 is 1.24 bits per heavy atom. The van der Waals surface area contributed by atoms with Gasteiger partial charge < -0.3 is 35.8 Å². The lowest BCUT2D eigenvalue weighted by atomic mass is 9.97. The molecule has 6 N–H and O–H groups in total. The predicted octanol–water partition coefficient (Wildman–Crippen LogP) is -2.40. The summed E-state index contributed by atoms with van der Waals surface area (Å²) in [6, 6.07) is -1.21. The van der Waals surface area contributed by atoms with Gasteiger partial charge in [-0.15, -0.1) is 4.91 Å². The molecule has 6 atom stereocenters. The zero-order chi connectivity index (χ0) is 19.4. The predicted molar refractivity (Wildman–Crippen MR) is 87.0 cm³/mol. The van der Waals surface area contributed by atoms with Crippen LogP contribution in [0.1, 0.15) is 20.8 Å². The summed E-state index contributed by atoms with van der Waals surface area (Å²) in [5, 5.41) is 43.2. The molecule has 0 saturated carbocycles. The van der Waals surface area contributed by atoms with E-state index in [-0.39, 0.29) is 0 Å². The molecule has 0 aromatic heterocycles. The molecule has 1 rings (SSSR count). The van der Waals surface area contributed by atoms with Gasteiger partial charge in [-0.3, -0.25) is 9.59 Å². The number of hydrogen-bond acceptors (Lipinski definition) is 10. The lowest BCUT2D eigenvalue weighted by molar-refractivity contribution is -0.236. The third-order valence-corrected chi connectivity index (χ3v) is 4.54. The fraction of sp³-hybridized carbons (Fsp3) is 0.846. The summed E-state index contributed by atoms with van der Waals surface area (Å²) in [4.78, 5) is 34.4. The largest absolute Gasteiger partial charge is 0.394 e. The van der Waals surface area contributed by atoms with Gasteiger partial charge in [-0.25, -0.2) is 0 Å². The smallest absolute Gasteiger partial charge is 0.246 e. The van der Waals surface area contributed by atoms with E-state index in [0.29, 0.717) is 11.9 Å². The minimum Gasteiger partial charge on any atom is -0.394 e. The van der Waals surface area contributed by atoms with Gasteiger partial charge in [0.2, 0.25) is 11.8 Å². The highest BCUT2D eigenvalue weighted by Crippen LogP contribution is 2.29. The van der Waals surface area contributed by atoms with E-state index in [1.165, 1.54) is 20.8 Å². The van der Waals surface area contributed by atoms with Crippen LogP contribution >= 0.6 is 11.9 Å². The van der Waals surface area contributed by atoms with E-state index < -0.39 is 59.9 Å². The first-order chi connectivity index (χ1) is 11.5. The first-order valence-corrected chi connectivity index (χ1v) is 8.21. The van der Waals surface area contributed by atoms with E-state index in [2.05, 4.69) is 15.2 Å². The Labute approximate surface area is 148 Å². The number of nitrogens with zero attached hydrogens (tertiary/aromatic N) is 1. The van der Waals surface area contributed by atoms with Crippen LogP contribution in [-0.4, -0.2) is 80.3 Å². The molecule has 0 aromatic carbocycles. The molecular weight excluding hydrogens is 358 g/mol. The molecule has 1 heterocycles. The van der Waals surface area contributed by atoms with E-state index in [1.54, 1.807) is 0 Å². The second-order valence-electron chi connectivity index (χ2n) is 6.16. The van der Waals surface area contributed by atoms with Crippen LogP contribution in [0.2, 0.25) is 0 Å². The van der Waals surface area contributed by atoms with Crippen LogP contribution in [0.5, 0.6) is 0 Å². The first-order valence-electron chi connectivity index (χ1n) is 7.44. The summed E-state index contributed by atoms with van der Waals surface area (Å²) < 4.78 is 6.74.